The summed E-state index contributed by atoms with van der Waals surface area (Å²) in [6.07, 6.45) is 4.78. The molecule has 0 spiro atoms. The Hall–Kier alpha value is -1.40. The SMILES string of the molecule is COC(C)CCC(=O)Nc1sc2c(c1C(=O)O)CCCC2. The average Bonchev–Trinajstić information content (AvgIpc) is 2.82. The van der Waals surface area contributed by atoms with E-state index in [9.17, 15) is 14.7 Å². The second-order valence-corrected chi connectivity index (χ2v) is 6.46. The summed E-state index contributed by atoms with van der Waals surface area (Å²) in [6.45, 7) is 1.90. The maximum Gasteiger partial charge on any atom is 0.339 e. The molecule has 6 heteroatoms. The molecule has 0 bridgehead atoms. The summed E-state index contributed by atoms with van der Waals surface area (Å²) in [7, 11) is 1.61. The Balaban J connectivity index is 2.10. The summed E-state index contributed by atoms with van der Waals surface area (Å²) < 4.78 is 5.11. The lowest BCUT2D eigenvalue weighted by Gasteiger charge is -2.11. The van der Waals surface area contributed by atoms with Gasteiger partial charge in [-0.25, -0.2) is 4.79 Å². The molecular weight excluding hydrogens is 290 g/mol. The number of nitrogens with one attached hydrogen (secondary N) is 1. The number of methoxy groups -OCH3 is 1. The Labute approximate surface area is 128 Å². The first-order valence-electron chi connectivity index (χ1n) is 7.23. The van der Waals surface area contributed by atoms with E-state index in [4.69, 9.17) is 4.74 Å². The third-order valence-electron chi connectivity index (χ3n) is 3.82. The number of ether oxygens (including phenoxy) is 1. The van der Waals surface area contributed by atoms with E-state index in [0.717, 1.165) is 36.1 Å². The van der Waals surface area contributed by atoms with Crippen LogP contribution in [-0.4, -0.2) is 30.2 Å². The van der Waals surface area contributed by atoms with Gasteiger partial charge in [0, 0.05) is 18.4 Å². The molecule has 1 aromatic rings. The lowest BCUT2D eigenvalue weighted by Crippen LogP contribution is -2.16. The fourth-order valence-corrected chi connectivity index (χ4v) is 3.82. The van der Waals surface area contributed by atoms with Crippen LogP contribution in [0.3, 0.4) is 0 Å². The minimum absolute atomic E-state index is 0.0197. The molecule has 5 nitrogen and oxygen atoms in total. The third kappa shape index (κ3) is 3.83. The zero-order valence-corrected chi connectivity index (χ0v) is 13.2. The van der Waals surface area contributed by atoms with Crippen LogP contribution in [0.2, 0.25) is 0 Å². The van der Waals surface area contributed by atoms with Crippen LogP contribution < -0.4 is 5.32 Å². The zero-order chi connectivity index (χ0) is 15.4. The highest BCUT2D eigenvalue weighted by atomic mass is 32.1. The standard InChI is InChI=1S/C15H21NO4S/c1-9(20-2)7-8-12(17)16-14-13(15(18)19)10-5-3-4-6-11(10)21-14/h9H,3-8H2,1-2H3,(H,16,17)(H,18,19). The molecule has 1 atom stereocenters. The summed E-state index contributed by atoms with van der Waals surface area (Å²) in [6, 6.07) is 0. The van der Waals surface area contributed by atoms with Crippen LogP contribution >= 0.6 is 11.3 Å². The smallest absolute Gasteiger partial charge is 0.339 e. The molecule has 2 rings (SSSR count). The summed E-state index contributed by atoms with van der Waals surface area (Å²) in [4.78, 5) is 24.6. The van der Waals surface area contributed by atoms with E-state index in [2.05, 4.69) is 5.32 Å². The van der Waals surface area contributed by atoms with Gasteiger partial charge >= 0.3 is 5.97 Å². The maximum absolute atomic E-state index is 12.0. The van der Waals surface area contributed by atoms with Gasteiger partial charge in [-0.15, -0.1) is 11.3 Å². The van der Waals surface area contributed by atoms with Gasteiger partial charge in [-0.2, -0.15) is 0 Å². The van der Waals surface area contributed by atoms with E-state index in [0.29, 0.717) is 23.4 Å². The number of carbonyl (C=O) groups excluding carboxylic acids is 1. The number of hydrogen-bond donors (Lipinski definition) is 2. The number of rotatable bonds is 6. The van der Waals surface area contributed by atoms with Crippen molar-refractivity contribution in [1.29, 1.82) is 0 Å². The van der Waals surface area contributed by atoms with Crippen molar-refractivity contribution in [2.75, 3.05) is 12.4 Å². The minimum atomic E-state index is -0.949. The molecule has 1 heterocycles. The van der Waals surface area contributed by atoms with Gasteiger partial charge in [-0.3, -0.25) is 4.79 Å². The minimum Gasteiger partial charge on any atom is -0.478 e. The number of carbonyl (C=O) groups is 2. The highest BCUT2D eigenvalue weighted by Gasteiger charge is 2.25. The summed E-state index contributed by atoms with van der Waals surface area (Å²) >= 11 is 1.41. The van der Waals surface area contributed by atoms with Crippen LogP contribution in [0.4, 0.5) is 5.00 Å². The molecule has 1 aliphatic rings. The monoisotopic (exact) mass is 311 g/mol. The van der Waals surface area contributed by atoms with Gasteiger partial charge in [-0.1, -0.05) is 0 Å². The number of fused-ring (bicyclic) bond motifs is 1. The van der Waals surface area contributed by atoms with Crippen molar-refractivity contribution in [3.05, 3.63) is 16.0 Å². The van der Waals surface area contributed by atoms with Crippen molar-refractivity contribution in [3.63, 3.8) is 0 Å². The van der Waals surface area contributed by atoms with Crippen molar-refractivity contribution in [1.82, 2.24) is 0 Å². The van der Waals surface area contributed by atoms with E-state index in [1.54, 1.807) is 7.11 Å². The zero-order valence-electron chi connectivity index (χ0n) is 12.4. The van der Waals surface area contributed by atoms with Crippen molar-refractivity contribution < 1.29 is 19.4 Å². The largest absolute Gasteiger partial charge is 0.478 e. The molecule has 1 amide bonds. The molecule has 0 saturated heterocycles. The van der Waals surface area contributed by atoms with Crippen LogP contribution in [0.15, 0.2) is 0 Å². The Kier molecular flexibility index (Phi) is 5.36. The number of carboxylic acid groups (broad SMARTS) is 1. The van der Waals surface area contributed by atoms with Gasteiger partial charge in [0.25, 0.3) is 0 Å². The Morgan fingerprint density at radius 2 is 2.10 bits per heavy atom. The van der Waals surface area contributed by atoms with Gasteiger partial charge in [0.05, 0.1) is 11.7 Å². The first kappa shape index (κ1) is 16.0. The second kappa shape index (κ2) is 7.04. The number of carboxylic acids is 1. The number of anilines is 1. The van der Waals surface area contributed by atoms with Crippen molar-refractivity contribution in [2.45, 2.75) is 51.6 Å². The number of aromatic carboxylic acids is 1. The molecule has 21 heavy (non-hydrogen) atoms. The van der Waals surface area contributed by atoms with Crippen molar-refractivity contribution in [2.24, 2.45) is 0 Å². The lowest BCUT2D eigenvalue weighted by atomic mass is 9.95. The quantitative estimate of drug-likeness (QED) is 0.846. The van der Waals surface area contributed by atoms with Crippen LogP contribution in [0.5, 0.6) is 0 Å². The van der Waals surface area contributed by atoms with Gasteiger partial charge in [0.15, 0.2) is 0 Å². The van der Waals surface area contributed by atoms with E-state index in [1.807, 2.05) is 6.92 Å². The fraction of sp³-hybridized carbons (Fsp3) is 0.600. The molecule has 1 unspecified atom stereocenters. The van der Waals surface area contributed by atoms with Crippen LogP contribution in [0.25, 0.3) is 0 Å². The molecule has 0 aromatic carbocycles. The number of hydrogen-bond acceptors (Lipinski definition) is 4. The van der Waals surface area contributed by atoms with Gasteiger partial charge in [0.1, 0.15) is 5.00 Å². The first-order valence-corrected chi connectivity index (χ1v) is 8.05. The lowest BCUT2D eigenvalue weighted by molar-refractivity contribution is -0.116. The Bertz CT molecular complexity index is 538. The molecule has 2 N–H and O–H groups in total. The normalized spacial score (nSPS) is 15.3. The van der Waals surface area contributed by atoms with Gasteiger partial charge < -0.3 is 15.2 Å². The molecular formula is C15H21NO4S. The van der Waals surface area contributed by atoms with Crippen LogP contribution in [0.1, 0.15) is 53.4 Å². The summed E-state index contributed by atoms with van der Waals surface area (Å²) in [5, 5.41) is 12.7. The van der Waals surface area contributed by atoms with E-state index < -0.39 is 5.97 Å². The highest BCUT2D eigenvalue weighted by molar-refractivity contribution is 7.17. The Morgan fingerprint density at radius 3 is 2.76 bits per heavy atom. The van der Waals surface area contributed by atoms with Crippen LogP contribution in [-0.2, 0) is 22.4 Å². The van der Waals surface area contributed by atoms with Crippen molar-refractivity contribution >= 4 is 28.2 Å². The molecule has 1 aromatic heterocycles. The number of aryl methyl sites for hydroxylation is 1. The second-order valence-electron chi connectivity index (χ2n) is 5.35. The highest BCUT2D eigenvalue weighted by Crippen LogP contribution is 2.38. The van der Waals surface area contributed by atoms with E-state index in [-0.39, 0.29) is 12.0 Å². The molecule has 1 aliphatic carbocycles. The maximum atomic E-state index is 12.0. The first-order chi connectivity index (χ1) is 10.0. The Morgan fingerprint density at radius 1 is 1.38 bits per heavy atom. The number of thiophene rings is 1. The van der Waals surface area contributed by atoms with Crippen molar-refractivity contribution in [3.8, 4) is 0 Å². The summed E-state index contributed by atoms with van der Waals surface area (Å²) in [5.74, 6) is -1.10. The third-order valence-corrected chi connectivity index (χ3v) is 5.03. The summed E-state index contributed by atoms with van der Waals surface area (Å²) in [5.41, 5.74) is 1.21. The van der Waals surface area contributed by atoms with E-state index >= 15 is 0 Å². The van der Waals surface area contributed by atoms with E-state index in [1.165, 1.54) is 11.3 Å². The topological polar surface area (TPSA) is 75.6 Å². The number of amides is 1. The predicted molar refractivity (Wildman–Crippen MR) is 82.3 cm³/mol. The predicted octanol–water partition coefficient (Wildman–Crippen LogP) is 3.08. The van der Waals surface area contributed by atoms with Crippen LogP contribution in [0, 0.1) is 0 Å². The fourth-order valence-electron chi connectivity index (χ4n) is 2.52. The molecule has 0 aliphatic heterocycles. The molecule has 0 saturated carbocycles. The molecule has 0 radical (unpaired) electrons. The van der Waals surface area contributed by atoms with Gasteiger partial charge in [-0.05, 0) is 44.6 Å². The van der Waals surface area contributed by atoms with Gasteiger partial charge in [0.2, 0.25) is 5.91 Å². The molecule has 116 valence electrons. The molecule has 0 fully saturated rings. The average molecular weight is 311 g/mol.